The highest BCUT2D eigenvalue weighted by Gasteiger charge is 2.23. The number of hydrogen-bond acceptors (Lipinski definition) is 6. The number of aromatic nitrogens is 4. The van der Waals surface area contributed by atoms with Gasteiger partial charge in [-0.15, -0.1) is 0 Å². The lowest BCUT2D eigenvalue weighted by molar-refractivity contribution is -0.136. The fourth-order valence-corrected chi connectivity index (χ4v) is 3.15. The third-order valence-corrected chi connectivity index (χ3v) is 4.87. The monoisotopic (exact) mass is 338 g/mol. The van der Waals surface area contributed by atoms with Crippen molar-refractivity contribution in [1.29, 1.82) is 0 Å². The Hall–Kier alpha value is -2.16. The van der Waals surface area contributed by atoms with Gasteiger partial charge in [0.2, 0.25) is 0 Å². The SMILES string of the molecule is CCc1nc(S[C@H](CC)C(=O)O)c2c(=O)n(C)c(=O)n(C)c2n1. The Kier molecular flexibility index (Phi) is 4.88. The number of carboxylic acid groups (broad SMARTS) is 1. The second kappa shape index (κ2) is 6.53. The van der Waals surface area contributed by atoms with Gasteiger partial charge in [-0.05, 0) is 6.42 Å². The van der Waals surface area contributed by atoms with Gasteiger partial charge in [-0.3, -0.25) is 18.7 Å². The van der Waals surface area contributed by atoms with E-state index in [-0.39, 0.29) is 11.0 Å². The van der Waals surface area contributed by atoms with Crippen molar-refractivity contribution in [2.45, 2.75) is 37.0 Å². The first kappa shape index (κ1) is 17.2. The van der Waals surface area contributed by atoms with Gasteiger partial charge in [-0.25, -0.2) is 14.8 Å². The van der Waals surface area contributed by atoms with Gasteiger partial charge < -0.3 is 5.11 Å². The highest BCUT2D eigenvalue weighted by atomic mass is 32.2. The number of aliphatic carboxylic acids is 1. The van der Waals surface area contributed by atoms with Gasteiger partial charge in [0, 0.05) is 20.5 Å². The fourth-order valence-electron chi connectivity index (χ4n) is 2.16. The molecule has 9 heteroatoms. The van der Waals surface area contributed by atoms with Gasteiger partial charge in [0.25, 0.3) is 5.56 Å². The lowest BCUT2D eigenvalue weighted by atomic mass is 10.3. The second-order valence-corrected chi connectivity index (χ2v) is 6.25. The summed E-state index contributed by atoms with van der Waals surface area (Å²) in [5, 5.41) is 9.01. The number of fused-ring (bicyclic) bond motifs is 1. The molecule has 0 aromatic carbocycles. The maximum absolute atomic E-state index is 12.5. The number of thioether (sulfide) groups is 1. The van der Waals surface area contributed by atoms with Gasteiger partial charge in [0.1, 0.15) is 21.5 Å². The zero-order chi connectivity index (χ0) is 17.3. The van der Waals surface area contributed by atoms with Crippen LogP contribution in [0.5, 0.6) is 0 Å². The van der Waals surface area contributed by atoms with E-state index in [9.17, 15) is 19.5 Å². The first-order chi connectivity index (χ1) is 10.8. The first-order valence-corrected chi connectivity index (χ1v) is 8.05. The molecule has 2 rings (SSSR count). The van der Waals surface area contributed by atoms with Crippen LogP contribution in [0.1, 0.15) is 26.1 Å². The number of carboxylic acids is 1. The Bertz CT molecular complexity index is 887. The summed E-state index contributed by atoms with van der Waals surface area (Å²) >= 11 is 1.01. The van der Waals surface area contributed by atoms with Crippen LogP contribution in [0, 0.1) is 0 Å². The Balaban J connectivity index is 2.85. The van der Waals surface area contributed by atoms with Gasteiger partial charge in [0.05, 0.1) is 0 Å². The van der Waals surface area contributed by atoms with Crippen molar-refractivity contribution in [3.63, 3.8) is 0 Å². The van der Waals surface area contributed by atoms with Crippen molar-refractivity contribution < 1.29 is 9.90 Å². The third kappa shape index (κ3) is 3.00. The van der Waals surface area contributed by atoms with E-state index >= 15 is 0 Å². The van der Waals surface area contributed by atoms with Crippen molar-refractivity contribution in [3.05, 3.63) is 26.7 Å². The molecular weight excluding hydrogens is 320 g/mol. The smallest absolute Gasteiger partial charge is 0.332 e. The summed E-state index contributed by atoms with van der Waals surface area (Å²) in [5.74, 6) is -0.507. The fraction of sp³-hybridized carbons (Fsp3) is 0.500. The van der Waals surface area contributed by atoms with Crippen molar-refractivity contribution in [2.75, 3.05) is 0 Å². The lowest BCUT2D eigenvalue weighted by Crippen LogP contribution is -2.38. The maximum atomic E-state index is 12.5. The predicted octanol–water partition coefficient (Wildman–Crippen LogP) is 0.545. The van der Waals surface area contributed by atoms with Gasteiger partial charge >= 0.3 is 11.7 Å². The van der Waals surface area contributed by atoms with Crippen LogP contribution >= 0.6 is 11.8 Å². The quantitative estimate of drug-likeness (QED) is 0.626. The molecule has 0 unspecified atom stereocenters. The Labute approximate surface area is 136 Å². The molecule has 0 saturated heterocycles. The molecule has 0 spiro atoms. The van der Waals surface area contributed by atoms with E-state index in [1.807, 2.05) is 6.92 Å². The minimum absolute atomic E-state index is 0.177. The van der Waals surface area contributed by atoms with Gasteiger partial charge in [0.15, 0.2) is 5.65 Å². The average Bonchev–Trinajstić information content (AvgIpc) is 2.54. The molecule has 0 radical (unpaired) electrons. The topological polar surface area (TPSA) is 107 Å². The molecule has 0 amide bonds. The average molecular weight is 338 g/mol. The molecule has 1 atom stereocenters. The molecule has 0 aliphatic carbocycles. The molecule has 0 saturated carbocycles. The Morgan fingerprint density at radius 2 is 1.87 bits per heavy atom. The van der Waals surface area contributed by atoms with Gasteiger partial charge in [-0.2, -0.15) is 0 Å². The molecular formula is C14H18N4O4S. The largest absolute Gasteiger partial charge is 0.480 e. The standard InChI is InChI=1S/C14H18N4O4S/c1-5-7(13(20)21)23-11-9-10(15-8(6-2)16-11)17(3)14(22)18(4)12(9)19/h7H,5-6H2,1-4H3,(H,20,21)/t7-/m1/s1. The summed E-state index contributed by atoms with van der Waals surface area (Å²) in [6.45, 7) is 3.60. The summed E-state index contributed by atoms with van der Waals surface area (Å²) in [7, 11) is 2.90. The molecule has 2 aromatic rings. The van der Waals surface area contributed by atoms with Gasteiger partial charge in [-0.1, -0.05) is 25.6 Å². The second-order valence-electron chi connectivity index (χ2n) is 5.06. The number of rotatable bonds is 5. The van der Waals surface area contributed by atoms with Crippen LogP contribution < -0.4 is 11.2 Å². The number of hydrogen-bond donors (Lipinski definition) is 1. The molecule has 0 aliphatic heterocycles. The highest BCUT2D eigenvalue weighted by Crippen LogP contribution is 2.28. The van der Waals surface area contributed by atoms with Crippen LogP contribution in [0.3, 0.4) is 0 Å². The van der Waals surface area contributed by atoms with Crippen molar-refractivity contribution >= 4 is 28.8 Å². The van der Waals surface area contributed by atoms with Crippen LogP contribution in [0.15, 0.2) is 14.6 Å². The minimum atomic E-state index is -0.969. The number of carbonyl (C=O) groups is 1. The summed E-state index contributed by atoms with van der Waals surface area (Å²) in [6, 6.07) is 0. The normalized spacial score (nSPS) is 12.5. The molecule has 23 heavy (non-hydrogen) atoms. The number of aryl methyl sites for hydroxylation is 2. The summed E-state index contributed by atoms with van der Waals surface area (Å²) < 4.78 is 2.26. The summed E-state index contributed by atoms with van der Waals surface area (Å²) in [6.07, 6.45) is 0.899. The molecule has 1 N–H and O–H groups in total. The van der Waals surface area contributed by atoms with E-state index < -0.39 is 22.5 Å². The van der Waals surface area contributed by atoms with Crippen LogP contribution in [0.25, 0.3) is 11.0 Å². The molecule has 2 aromatic heterocycles. The van der Waals surface area contributed by atoms with E-state index in [4.69, 9.17) is 0 Å². The van der Waals surface area contributed by atoms with E-state index in [1.165, 1.54) is 18.7 Å². The van der Waals surface area contributed by atoms with Crippen LogP contribution in [0.4, 0.5) is 0 Å². The van der Waals surface area contributed by atoms with E-state index in [0.29, 0.717) is 23.7 Å². The summed E-state index contributed by atoms with van der Waals surface area (Å²) in [5.41, 5.74) is -0.773. The van der Waals surface area contributed by atoms with Crippen molar-refractivity contribution in [3.8, 4) is 0 Å². The zero-order valence-corrected chi connectivity index (χ0v) is 14.2. The molecule has 0 aliphatic rings. The molecule has 0 bridgehead atoms. The number of nitrogens with zero attached hydrogens (tertiary/aromatic N) is 4. The van der Waals surface area contributed by atoms with Crippen LogP contribution in [-0.4, -0.2) is 35.4 Å². The molecule has 124 valence electrons. The van der Waals surface area contributed by atoms with E-state index in [1.54, 1.807) is 6.92 Å². The maximum Gasteiger partial charge on any atom is 0.332 e. The Morgan fingerprint density at radius 1 is 1.22 bits per heavy atom. The minimum Gasteiger partial charge on any atom is -0.480 e. The molecule has 2 heterocycles. The predicted molar refractivity (Wildman–Crippen MR) is 87.0 cm³/mol. The highest BCUT2D eigenvalue weighted by molar-refractivity contribution is 8.00. The summed E-state index contributed by atoms with van der Waals surface area (Å²) in [4.78, 5) is 44.4. The Morgan fingerprint density at radius 3 is 2.39 bits per heavy atom. The van der Waals surface area contributed by atoms with Crippen LogP contribution in [-0.2, 0) is 25.3 Å². The molecule has 8 nitrogen and oxygen atoms in total. The van der Waals surface area contributed by atoms with E-state index in [0.717, 1.165) is 16.3 Å². The first-order valence-electron chi connectivity index (χ1n) is 7.17. The zero-order valence-electron chi connectivity index (χ0n) is 13.4. The lowest BCUT2D eigenvalue weighted by Gasteiger charge is -2.13. The van der Waals surface area contributed by atoms with Crippen molar-refractivity contribution in [1.82, 2.24) is 19.1 Å². The third-order valence-electron chi connectivity index (χ3n) is 3.53. The van der Waals surface area contributed by atoms with Crippen LogP contribution in [0.2, 0.25) is 0 Å². The van der Waals surface area contributed by atoms with E-state index in [2.05, 4.69) is 9.97 Å². The molecule has 0 fully saturated rings. The van der Waals surface area contributed by atoms with Crippen molar-refractivity contribution in [2.24, 2.45) is 14.1 Å².